The van der Waals surface area contributed by atoms with Crippen molar-refractivity contribution < 1.29 is 22.7 Å². The first-order valence-electron chi connectivity index (χ1n) is 15.2. The average Bonchev–Trinajstić information content (AvgIpc) is 3.82. The van der Waals surface area contributed by atoms with Gasteiger partial charge in [0, 0.05) is 43.6 Å². The third-order valence-corrected chi connectivity index (χ3v) is 9.16. The maximum absolute atomic E-state index is 13.9. The van der Waals surface area contributed by atoms with Gasteiger partial charge < -0.3 is 15.0 Å². The van der Waals surface area contributed by atoms with Crippen molar-refractivity contribution in [3.63, 3.8) is 0 Å². The first kappa shape index (κ1) is 33.6. The number of benzene rings is 3. The Bertz CT molecular complexity index is 1460. The van der Waals surface area contributed by atoms with Crippen molar-refractivity contribution in [2.45, 2.75) is 82.0 Å². The SMILES string of the molecule is CC(C)OCCCNC(=O)[C@@H](Cc1ccccc1)N(Cc1ccc(Cl)cc1)C(=O)CCc1ccc(S(=O)(=O)NC2CC2)cc1. The molecule has 0 saturated heterocycles. The fourth-order valence-corrected chi connectivity index (χ4v) is 6.21. The zero-order chi connectivity index (χ0) is 31.5. The van der Waals surface area contributed by atoms with Crippen LogP contribution < -0.4 is 10.0 Å². The lowest BCUT2D eigenvalue weighted by molar-refractivity contribution is -0.141. The molecule has 2 N–H and O–H groups in total. The number of hydrogen-bond acceptors (Lipinski definition) is 5. The predicted molar refractivity (Wildman–Crippen MR) is 173 cm³/mol. The number of aryl methyl sites for hydroxylation is 1. The van der Waals surface area contributed by atoms with Crippen molar-refractivity contribution in [3.05, 3.63) is 101 Å². The highest BCUT2D eigenvalue weighted by Crippen LogP contribution is 2.23. The molecule has 1 aliphatic rings. The predicted octanol–water partition coefficient (Wildman–Crippen LogP) is 5.28. The van der Waals surface area contributed by atoms with Crippen LogP contribution in [0.5, 0.6) is 0 Å². The van der Waals surface area contributed by atoms with Crippen LogP contribution in [0.2, 0.25) is 5.02 Å². The van der Waals surface area contributed by atoms with Crippen LogP contribution >= 0.6 is 11.6 Å². The van der Waals surface area contributed by atoms with E-state index in [9.17, 15) is 18.0 Å². The summed E-state index contributed by atoms with van der Waals surface area (Å²) in [5.74, 6) is -0.398. The van der Waals surface area contributed by atoms with Gasteiger partial charge in [-0.1, -0.05) is 66.2 Å². The van der Waals surface area contributed by atoms with Crippen LogP contribution in [-0.2, 0) is 43.7 Å². The third kappa shape index (κ3) is 10.7. The molecule has 2 amide bonds. The Morgan fingerprint density at radius 1 is 0.932 bits per heavy atom. The number of nitrogens with zero attached hydrogens (tertiary/aromatic N) is 1. The second kappa shape index (κ2) is 16.2. The minimum absolute atomic E-state index is 0.0262. The smallest absolute Gasteiger partial charge is 0.243 e. The van der Waals surface area contributed by atoms with Gasteiger partial charge in [0.2, 0.25) is 21.8 Å². The number of rotatable bonds is 17. The summed E-state index contributed by atoms with van der Waals surface area (Å²) in [6.07, 6.45) is 3.41. The Morgan fingerprint density at radius 2 is 1.59 bits per heavy atom. The van der Waals surface area contributed by atoms with E-state index in [1.54, 1.807) is 41.3 Å². The number of halogens is 1. The number of hydrogen-bond donors (Lipinski definition) is 2. The van der Waals surface area contributed by atoms with Crippen LogP contribution in [0.3, 0.4) is 0 Å². The van der Waals surface area contributed by atoms with Gasteiger partial charge in [-0.15, -0.1) is 0 Å². The summed E-state index contributed by atoms with van der Waals surface area (Å²) in [5.41, 5.74) is 2.64. The van der Waals surface area contributed by atoms with E-state index in [1.807, 2.05) is 56.3 Å². The van der Waals surface area contributed by atoms with Crippen LogP contribution in [0.4, 0.5) is 0 Å². The number of ether oxygens (including phenoxy) is 1. The zero-order valence-electron chi connectivity index (χ0n) is 25.4. The van der Waals surface area contributed by atoms with Crippen molar-refractivity contribution in [1.29, 1.82) is 0 Å². The maximum atomic E-state index is 13.9. The monoisotopic (exact) mass is 639 g/mol. The molecule has 44 heavy (non-hydrogen) atoms. The van der Waals surface area contributed by atoms with E-state index < -0.39 is 16.1 Å². The second-order valence-electron chi connectivity index (χ2n) is 11.5. The molecule has 3 aromatic rings. The summed E-state index contributed by atoms with van der Waals surface area (Å²) in [4.78, 5) is 29.5. The highest BCUT2D eigenvalue weighted by molar-refractivity contribution is 7.89. The minimum Gasteiger partial charge on any atom is -0.379 e. The number of nitrogens with one attached hydrogen (secondary N) is 2. The second-order valence-corrected chi connectivity index (χ2v) is 13.6. The molecular formula is C34H42ClN3O5S. The molecule has 0 aliphatic heterocycles. The van der Waals surface area contributed by atoms with E-state index in [4.69, 9.17) is 16.3 Å². The van der Waals surface area contributed by atoms with Crippen molar-refractivity contribution in [2.24, 2.45) is 0 Å². The van der Waals surface area contributed by atoms with Crippen molar-refractivity contribution in [2.75, 3.05) is 13.2 Å². The molecule has 10 heteroatoms. The van der Waals surface area contributed by atoms with E-state index in [1.165, 1.54) is 0 Å². The number of sulfonamides is 1. The highest BCUT2D eigenvalue weighted by Gasteiger charge is 2.30. The van der Waals surface area contributed by atoms with Gasteiger partial charge in [0.05, 0.1) is 11.0 Å². The van der Waals surface area contributed by atoms with Crippen LogP contribution in [0.25, 0.3) is 0 Å². The zero-order valence-corrected chi connectivity index (χ0v) is 26.9. The van der Waals surface area contributed by atoms with Crippen molar-refractivity contribution >= 4 is 33.4 Å². The van der Waals surface area contributed by atoms with Gasteiger partial charge in [-0.25, -0.2) is 13.1 Å². The first-order chi connectivity index (χ1) is 21.1. The van der Waals surface area contributed by atoms with Crippen LogP contribution in [0.15, 0.2) is 83.8 Å². The fraction of sp³-hybridized carbons (Fsp3) is 0.412. The van der Waals surface area contributed by atoms with E-state index >= 15 is 0 Å². The quantitative estimate of drug-likeness (QED) is 0.196. The average molecular weight is 640 g/mol. The summed E-state index contributed by atoms with van der Waals surface area (Å²) in [6, 6.07) is 22.8. The van der Waals surface area contributed by atoms with Crippen LogP contribution in [0.1, 0.15) is 56.2 Å². The van der Waals surface area contributed by atoms with Gasteiger partial charge in [0.15, 0.2) is 0 Å². The standard InChI is InChI=1S/C34H42ClN3O5S/c1-25(2)43-22-6-21-36-34(40)32(23-27-7-4-3-5-8-27)38(24-28-9-14-29(35)15-10-28)33(39)20-13-26-11-18-31(19-12-26)44(41,42)37-30-16-17-30/h3-5,7-12,14-15,18-19,25,30,32,37H,6,13,16-17,20-24H2,1-2H3,(H,36,40)/t32-/m1/s1. The highest BCUT2D eigenvalue weighted by atomic mass is 35.5. The van der Waals surface area contributed by atoms with Gasteiger partial charge >= 0.3 is 0 Å². The first-order valence-corrected chi connectivity index (χ1v) is 17.1. The molecule has 0 radical (unpaired) electrons. The number of amides is 2. The van der Waals surface area contributed by atoms with Gasteiger partial charge in [0.25, 0.3) is 0 Å². The molecule has 1 aliphatic carbocycles. The molecule has 0 aromatic heterocycles. The van der Waals surface area contributed by atoms with Gasteiger partial charge in [0.1, 0.15) is 6.04 Å². The molecule has 4 rings (SSSR count). The lowest BCUT2D eigenvalue weighted by atomic mass is 10.0. The Balaban J connectivity index is 1.51. The maximum Gasteiger partial charge on any atom is 0.243 e. The Morgan fingerprint density at radius 3 is 2.23 bits per heavy atom. The van der Waals surface area contributed by atoms with E-state index in [0.29, 0.717) is 37.4 Å². The topological polar surface area (TPSA) is 105 Å². The molecule has 0 spiro atoms. The summed E-state index contributed by atoms with van der Waals surface area (Å²) >= 11 is 6.12. The molecule has 236 valence electrons. The van der Waals surface area contributed by atoms with Crippen LogP contribution in [-0.4, -0.2) is 56.5 Å². The third-order valence-electron chi connectivity index (χ3n) is 7.37. The Labute approximate surface area is 266 Å². The van der Waals surface area contributed by atoms with Crippen LogP contribution in [0, 0.1) is 0 Å². The summed E-state index contributed by atoms with van der Waals surface area (Å²) in [6.45, 7) is 5.15. The minimum atomic E-state index is -3.55. The van der Waals surface area contributed by atoms with E-state index in [2.05, 4.69) is 10.0 Å². The lowest BCUT2D eigenvalue weighted by Gasteiger charge is -2.32. The van der Waals surface area contributed by atoms with E-state index in [-0.39, 0.29) is 41.8 Å². The fourth-order valence-electron chi connectivity index (χ4n) is 4.78. The summed E-state index contributed by atoms with van der Waals surface area (Å²) in [5, 5.41) is 3.61. The summed E-state index contributed by atoms with van der Waals surface area (Å²) < 4.78 is 33.4. The molecule has 0 bridgehead atoms. The number of carbonyl (C=O) groups excluding carboxylic acids is 2. The number of carbonyl (C=O) groups is 2. The molecular weight excluding hydrogens is 598 g/mol. The molecule has 1 atom stereocenters. The van der Waals surface area contributed by atoms with E-state index in [0.717, 1.165) is 29.5 Å². The molecule has 8 nitrogen and oxygen atoms in total. The molecule has 3 aromatic carbocycles. The Kier molecular flexibility index (Phi) is 12.4. The molecule has 0 heterocycles. The molecule has 1 saturated carbocycles. The van der Waals surface area contributed by atoms with Gasteiger partial charge in [-0.3, -0.25) is 9.59 Å². The molecule has 1 fully saturated rings. The largest absolute Gasteiger partial charge is 0.379 e. The Hall–Kier alpha value is -3.24. The summed E-state index contributed by atoms with van der Waals surface area (Å²) in [7, 11) is -3.55. The van der Waals surface area contributed by atoms with Gasteiger partial charge in [-0.05, 0) is 80.5 Å². The van der Waals surface area contributed by atoms with Gasteiger partial charge in [-0.2, -0.15) is 0 Å². The van der Waals surface area contributed by atoms with Crippen molar-refractivity contribution in [1.82, 2.24) is 14.9 Å². The van der Waals surface area contributed by atoms with Crippen molar-refractivity contribution in [3.8, 4) is 0 Å². The molecule has 0 unspecified atom stereocenters. The lowest BCUT2D eigenvalue weighted by Crippen LogP contribution is -2.50. The normalized spacial score (nSPS) is 13.9.